The number of anilines is 1. The molecule has 1 saturated carbocycles. The summed E-state index contributed by atoms with van der Waals surface area (Å²) in [6.45, 7) is -0.501. The highest BCUT2D eigenvalue weighted by Gasteiger charge is 2.34. The molecule has 0 bridgehead atoms. The SMILES string of the molecule is C#CCCCCOP(=O)(O)OCC1CC1=C=COP(=O)(O)OCCC(COCCCNC(=O)c1ccc(C(=O)O)c(-c2c3ccc(=[N+](C)C)cc-3oc3cc(N(C)C)ccc23)c1)OC(=O)CCC(N)=O. The number of nitrogens with two attached hydrogens (primary N) is 1. The van der Waals surface area contributed by atoms with Crippen LogP contribution in [-0.4, -0.2) is 113 Å². The van der Waals surface area contributed by atoms with E-state index in [2.05, 4.69) is 17.0 Å². The molecule has 2 aromatic carbocycles. The van der Waals surface area contributed by atoms with Crippen molar-refractivity contribution in [3.05, 3.63) is 88.6 Å². The minimum atomic E-state index is -4.66. The number of unbranched alkanes of at least 4 members (excludes halogenated alkanes) is 2. The zero-order valence-corrected chi connectivity index (χ0v) is 41.2. The number of hydrogen-bond donors (Lipinski definition) is 5. The lowest BCUT2D eigenvalue weighted by Crippen LogP contribution is -2.28. The maximum absolute atomic E-state index is 13.5. The number of aromatic carboxylic acids is 1. The molecule has 0 radical (unpaired) electrons. The lowest BCUT2D eigenvalue weighted by atomic mass is 9.89. The molecule has 22 heteroatoms. The minimum Gasteiger partial charge on any atom is -0.478 e. The number of esters is 1. The normalized spacial score (nSPS) is 15.2. The molecule has 4 atom stereocenters. The Labute approximate surface area is 405 Å². The van der Waals surface area contributed by atoms with E-state index in [1.165, 1.54) is 12.1 Å². The smallest absolute Gasteiger partial charge is 0.478 e. The van der Waals surface area contributed by atoms with Gasteiger partial charge in [0.1, 0.15) is 37.8 Å². The van der Waals surface area contributed by atoms with Gasteiger partial charge in [0.25, 0.3) is 5.91 Å². The second-order valence-electron chi connectivity index (χ2n) is 16.6. The van der Waals surface area contributed by atoms with Crippen LogP contribution in [0.2, 0.25) is 0 Å². The van der Waals surface area contributed by atoms with E-state index in [9.17, 15) is 43.2 Å². The topological polar surface area (TPSA) is 276 Å². The van der Waals surface area contributed by atoms with Crippen molar-refractivity contribution < 1.29 is 75.2 Å². The fourth-order valence-electron chi connectivity index (χ4n) is 6.90. The number of primary amides is 1. The van der Waals surface area contributed by atoms with Crippen LogP contribution in [0.1, 0.15) is 72.1 Å². The van der Waals surface area contributed by atoms with Gasteiger partial charge < -0.3 is 44.4 Å². The number of fused-ring (bicyclic) bond motifs is 2. The van der Waals surface area contributed by atoms with Gasteiger partial charge >= 0.3 is 27.6 Å². The van der Waals surface area contributed by atoms with Crippen LogP contribution in [0.25, 0.3) is 33.4 Å². The Morgan fingerprint density at radius 2 is 1.73 bits per heavy atom. The quantitative estimate of drug-likeness (QED) is 0.00654. The van der Waals surface area contributed by atoms with E-state index in [0.717, 1.165) is 17.3 Å². The number of phosphoric acid groups is 2. The number of phosphoric ester groups is 2. The number of benzene rings is 3. The summed E-state index contributed by atoms with van der Waals surface area (Å²) in [7, 11) is -1.31. The molecule has 0 saturated heterocycles. The van der Waals surface area contributed by atoms with E-state index in [-0.39, 0.29) is 69.3 Å². The summed E-state index contributed by atoms with van der Waals surface area (Å²) in [5.41, 5.74) is 11.6. The number of carboxylic acids is 1. The van der Waals surface area contributed by atoms with Crippen molar-refractivity contribution in [2.45, 2.75) is 57.5 Å². The molecule has 5 rings (SSSR count). The molecule has 2 amide bonds. The van der Waals surface area contributed by atoms with Crippen LogP contribution < -0.4 is 25.9 Å². The van der Waals surface area contributed by atoms with Gasteiger partial charge in [-0.05, 0) is 73.2 Å². The van der Waals surface area contributed by atoms with Gasteiger partial charge in [-0.1, -0.05) is 5.73 Å². The highest BCUT2D eigenvalue weighted by Crippen LogP contribution is 2.48. The van der Waals surface area contributed by atoms with Gasteiger partial charge in [0, 0.05) is 92.3 Å². The molecule has 6 N–H and O–H groups in total. The molecule has 20 nitrogen and oxygen atoms in total. The first-order valence-corrected chi connectivity index (χ1v) is 25.3. The van der Waals surface area contributed by atoms with Crippen LogP contribution in [-0.2, 0) is 46.3 Å². The Bertz CT molecular complexity index is 2790. The van der Waals surface area contributed by atoms with Gasteiger partial charge in [-0.3, -0.25) is 32.8 Å². The number of carbonyl (C=O) groups is 4. The molecule has 376 valence electrons. The van der Waals surface area contributed by atoms with Crippen LogP contribution in [0.3, 0.4) is 0 Å². The second-order valence-corrected chi connectivity index (χ2v) is 19.5. The summed E-state index contributed by atoms with van der Waals surface area (Å²) in [6.07, 6.45) is 6.76. The van der Waals surface area contributed by atoms with Crippen molar-refractivity contribution >= 4 is 56.1 Å². The second kappa shape index (κ2) is 25.7. The van der Waals surface area contributed by atoms with Gasteiger partial charge in [-0.25, -0.2) is 18.5 Å². The first-order valence-electron chi connectivity index (χ1n) is 22.3. The van der Waals surface area contributed by atoms with E-state index < -0.39 is 52.1 Å². The van der Waals surface area contributed by atoms with E-state index in [4.69, 9.17) is 44.1 Å². The maximum atomic E-state index is 13.5. The number of ether oxygens (including phenoxy) is 2. The summed E-state index contributed by atoms with van der Waals surface area (Å²) in [5.74, 6) is -0.395. The summed E-state index contributed by atoms with van der Waals surface area (Å²) in [5, 5.41) is 14.7. The highest BCUT2D eigenvalue weighted by atomic mass is 31.2. The molecule has 1 heterocycles. The molecule has 4 unspecified atom stereocenters. The number of carboxylic acid groups (broad SMARTS) is 1. The van der Waals surface area contributed by atoms with Crippen molar-refractivity contribution in [3.63, 3.8) is 0 Å². The first-order chi connectivity index (χ1) is 33.3. The van der Waals surface area contributed by atoms with E-state index in [1.54, 1.807) is 6.07 Å². The predicted molar refractivity (Wildman–Crippen MR) is 258 cm³/mol. The van der Waals surface area contributed by atoms with Crippen molar-refractivity contribution in [2.75, 3.05) is 72.7 Å². The van der Waals surface area contributed by atoms with Crippen LogP contribution >= 0.6 is 15.6 Å². The summed E-state index contributed by atoms with van der Waals surface area (Å²) >= 11 is 0. The van der Waals surface area contributed by atoms with Crippen LogP contribution in [0, 0.1) is 18.3 Å². The Morgan fingerprint density at radius 1 is 0.957 bits per heavy atom. The molecular formula is C48H59N4O16P2+. The molecule has 3 aliphatic rings. The van der Waals surface area contributed by atoms with Crippen molar-refractivity contribution in [2.24, 2.45) is 11.7 Å². The highest BCUT2D eigenvalue weighted by molar-refractivity contribution is 7.47. The molecule has 1 aliphatic heterocycles. The van der Waals surface area contributed by atoms with Crippen LogP contribution in [0.4, 0.5) is 5.69 Å². The fourth-order valence-corrected chi connectivity index (χ4v) is 8.29. The van der Waals surface area contributed by atoms with Crippen molar-refractivity contribution in [3.8, 4) is 34.8 Å². The molecule has 0 spiro atoms. The number of carbonyl (C=O) groups excluding carboxylic acids is 3. The molecule has 2 aliphatic carbocycles. The first kappa shape index (κ1) is 54.8. The summed E-state index contributed by atoms with van der Waals surface area (Å²) in [6, 6.07) is 15.7. The zero-order chi connectivity index (χ0) is 51.0. The molecule has 0 aromatic heterocycles. The molecule has 2 aromatic rings. The average Bonchev–Trinajstić information content (AvgIpc) is 4.07. The van der Waals surface area contributed by atoms with E-state index in [1.807, 2.05) is 74.1 Å². The number of terminal acetylenes is 1. The largest absolute Gasteiger partial charge is 0.527 e. The lowest BCUT2D eigenvalue weighted by Gasteiger charge is -2.19. The Balaban J connectivity index is 1.15. The minimum absolute atomic E-state index is 0.00846. The van der Waals surface area contributed by atoms with Gasteiger partial charge in [0.05, 0.1) is 44.5 Å². The average molecular weight is 1010 g/mol. The van der Waals surface area contributed by atoms with Gasteiger partial charge in [0.15, 0.2) is 0 Å². The van der Waals surface area contributed by atoms with E-state index in [0.29, 0.717) is 71.1 Å². The van der Waals surface area contributed by atoms with Crippen LogP contribution in [0.5, 0.6) is 0 Å². The zero-order valence-electron chi connectivity index (χ0n) is 39.4. The number of amides is 2. The molecule has 1 fully saturated rings. The third-order valence-corrected chi connectivity index (χ3v) is 12.6. The monoisotopic (exact) mass is 1010 g/mol. The predicted octanol–water partition coefficient (Wildman–Crippen LogP) is 5.83. The van der Waals surface area contributed by atoms with Gasteiger partial charge in [-0.15, -0.1) is 12.3 Å². The van der Waals surface area contributed by atoms with Crippen molar-refractivity contribution in [1.82, 2.24) is 9.89 Å². The number of nitrogens with one attached hydrogen (secondary N) is 1. The summed E-state index contributed by atoms with van der Waals surface area (Å²) in [4.78, 5) is 71.9. The Hall–Kier alpha value is -6.09. The summed E-state index contributed by atoms with van der Waals surface area (Å²) < 4.78 is 63.9. The fraction of sp³-hybridized carbons (Fsp3) is 0.417. The Kier molecular flexibility index (Phi) is 20.1. The standard InChI is InChI=1S/C48H58N4O16P2/c1-6-7-8-9-23-63-70(60,61)66-30-34-26-32(34)19-24-64-69(58,59)65-25-20-37(67-45(54)18-17-44(49)53)31-62-22-10-21-50-47(55)33-11-14-38(48(56)57)41(27-33)46-39-15-12-35(51(2)3)28-42(39)68-43-29-36(52(4)5)13-16-40(43)46/h1,11-16,24,27-29,34,37H,7-10,17-18,20-23,25-26,30-31H2,2-5H3,(H5-,49,50,53,55,56,57,58,59,60,61)/p+1. The van der Waals surface area contributed by atoms with Crippen LogP contribution in [0.15, 0.2) is 76.6 Å². The lowest BCUT2D eigenvalue weighted by molar-refractivity contribution is -0.153. The van der Waals surface area contributed by atoms with Gasteiger partial charge in [0.2, 0.25) is 11.3 Å². The molecular weight excluding hydrogens is 950 g/mol. The van der Waals surface area contributed by atoms with E-state index >= 15 is 0 Å². The van der Waals surface area contributed by atoms with Gasteiger partial charge in [-0.2, -0.15) is 0 Å². The number of hydrogen-bond acceptors (Lipinski definition) is 14. The number of rotatable bonds is 28. The van der Waals surface area contributed by atoms with Crippen molar-refractivity contribution in [1.29, 1.82) is 0 Å². The third kappa shape index (κ3) is 16.8. The Morgan fingerprint density at radius 3 is 2.44 bits per heavy atom. The third-order valence-electron chi connectivity index (χ3n) is 10.8. The maximum Gasteiger partial charge on any atom is 0.527 e. The molecule has 70 heavy (non-hydrogen) atoms. The number of nitrogens with zero attached hydrogens (tertiary/aromatic N) is 2.